The number of rotatable bonds is 0. The lowest BCUT2D eigenvalue weighted by atomic mass is 10.3. The van der Waals surface area contributed by atoms with Gasteiger partial charge < -0.3 is 0 Å². The molecule has 0 N–H and O–H groups in total. The molecule has 0 radical (unpaired) electrons. The maximum Gasteiger partial charge on any atom is 0.249 e. The van der Waals surface area contributed by atoms with Gasteiger partial charge in [0.05, 0.1) is 6.21 Å². The first-order valence-electron chi connectivity index (χ1n) is 2.74. The highest BCUT2D eigenvalue weighted by molar-refractivity contribution is 6.14. The monoisotopic (exact) mass is 111 g/mol. The summed E-state index contributed by atoms with van der Waals surface area (Å²) in [6.45, 7) is 4.15. The summed E-state index contributed by atoms with van der Waals surface area (Å²) in [6.07, 6.45) is 3.81. The zero-order valence-electron chi connectivity index (χ0n) is 5.55. The molecule has 0 atom stereocenters. The minimum absolute atomic E-state index is 0. The van der Waals surface area contributed by atoms with E-state index in [1.807, 2.05) is 19.5 Å². The maximum absolute atomic E-state index is 4.19. The van der Waals surface area contributed by atoms with Gasteiger partial charge >= 0.3 is 0 Å². The molecule has 1 aliphatic rings. The van der Waals surface area contributed by atoms with E-state index < -0.39 is 0 Å². The molecular weight excluding hydrogens is 100 g/mol. The van der Waals surface area contributed by atoms with Crippen LogP contribution in [0.25, 0.3) is 0 Å². The van der Waals surface area contributed by atoms with E-state index in [-0.39, 0.29) is 5.66 Å². The van der Waals surface area contributed by atoms with Crippen molar-refractivity contribution in [1.29, 1.82) is 0 Å². The van der Waals surface area contributed by atoms with Gasteiger partial charge in [0.15, 0.2) is 6.21 Å². The molecule has 0 aromatic heterocycles. The van der Waals surface area contributed by atoms with Crippen LogP contribution in [0.15, 0.2) is 4.99 Å². The van der Waals surface area contributed by atoms with Crippen molar-refractivity contribution in [2.24, 2.45) is 4.99 Å². The standard InChI is InChI=1S/C6H11N2/c1-6(2)7-4-5-8(6)3/h4-5H,1-3H3/q+1. The highest BCUT2D eigenvalue weighted by Crippen LogP contribution is 2.09. The van der Waals surface area contributed by atoms with Gasteiger partial charge in [-0.25, -0.2) is 9.57 Å². The van der Waals surface area contributed by atoms with Gasteiger partial charge in [0.2, 0.25) is 5.66 Å². The molecule has 0 saturated carbocycles. The van der Waals surface area contributed by atoms with Crippen LogP contribution in [0.1, 0.15) is 13.8 Å². The predicted octanol–water partition coefficient (Wildman–Crippen LogP) is 0.520. The average Bonchev–Trinajstić information content (AvgIpc) is 1.86. The van der Waals surface area contributed by atoms with Gasteiger partial charge in [-0.15, -0.1) is 0 Å². The largest absolute Gasteiger partial charge is 0.249 e. The molecule has 1 heterocycles. The summed E-state index contributed by atoms with van der Waals surface area (Å²) >= 11 is 0. The van der Waals surface area contributed by atoms with E-state index in [0.717, 1.165) is 0 Å². The van der Waals surface area contributed by atoms with Crippen molar-refractivity contribution in [3.63, 3.8) is 0 Å². The number of hydrogen-bond acceptors (Lipinski definition) is 1. The number of hydrogen-bond donors (Lipinski definition) is 0. The Morgan fingerprint density at radius 1 is 1.50 bits per heavy atom. The maximum atomic E-state index is 4.19. The highest BCUT2D eigenvalue weighted by atomic mass is 15.2. The molecular formula is C6H11N2+. The number of aliphatic imine (C=N–C) groups is 1. The Labute approximate surface area is 49.6 Å². The first-order valence-corrected chi connectivity index (χ1v) is 2.74. The first-order chi connectivity index (χ1) is 3.63. The Morgan fingerprint density at radius 2 is 2.12 bits per heavy atom. The third kappa shape index (κ3) is 0.661. The molecule has 0 aromatic carbocycles. The molecule has 0 spiro atoms. The Hall–Kier alpha value is -0.660. The highest BCUT2D eigenvalue weighted by Gasteiger charge is 2.27. The molecule has 44 valence electrons. The molecule has 1 aliphatic heterocycles. The summed E-state index contributed by atoms with van der Waals surface area (Å²) in [5.41, 5.74) is 0. The van der Waals surface area contributed by atoms with Crippen LogP contribution in [0.2, 0.25) is 0 Å². The van der Waals surface area contributed by atoms with E-state index in [1.165, 1.54) is 0 Å². The van der Waals surface area contributed by atoms with Gasteiger partial charge in [-0.3, -0.25) is 0 Å². The van der Waals surface area contributed by atoms with Crippen LogP contribution >= 0.6 is 0 Å². The fourth-order valence-corrected chi connectivity index (χ4v) is 0.589. The van der Waals surface area contributed by atoms with Crippen LogP contribution in [0, 0.1) is 0 Å². The minimum atomic E-state index is 0. The Balaban J connectivity index is 2.87. The van der Waals surface area contributed by atoms with Crippen molar-refractivity contribution in [1.82, 2.24) is 0 Å². The van der Waals surface area contributed by atoms with Gasteiger partial charge in [0.1, 0.15) is 7.05 Å². The summed E-state index contributed by atoms with van der Waals surface area (Å²) in [4.78, 5) is 4.19. The SMILES string of the molecule is C[N+]1=CC=NC1(C)C. The lowest BCUT2D eigenvalue weighted by Gasteiger charge is -2.08. The lowest BCUT2D eigenvalue weighted by molar-refractivity contribution is -0.563. The van der Waals surface area contributed by atoms with E-state index >= 15 is 0 Å². The van der Waals surface area contributed by atoms with Crippen molar-refractivity contribution in [3.05, 3.63) is 0 Å². The smallest absolute Gasteiger partial charge is 0.217 e. The van der Waals surface area contributed by atoms with E-state index in [2.05, 4.69) is 23.4 Å². The van der Waals surface area contributed by atoms with Crippen molar-refractivity contribution in [2.45, 2.75) is 19.5 Å². The van der Waals surface area contributed by atoms with Crippen LogP contribution in [0.3, 0.4) is 0 Å². The normalized spacial score (nSPS) is 23.6. The molecule has 0 fully saturated rings. The Kier molecular flexibility index (Phi) is 0.962. The van der Waals surface area contributed by atoms with Crippen molar-refractivity contribution in [2.75, 3.05) is 7.05 Å². The van der Waals surface area contributed by atoms with Crippen LogP contribution in [0.4, 0.5) is 0 Å². The first kappa shape index (κ1) is 5.48. The van der Waals surface area contributed by atoms with Gasteiger partial charge in [0.25, 0.3) is 0 Å². The topological polar surface area (TPSA) is 15.4 Å². The summed E-state index contributed by atoms with van der Waals surface area (Å²) < 4.78 is 2.08. The van der Waals surface area contributed by atoms with Gasteiger partial charge in [0, 0.05) is 13.8 Å². The van der Waals surface area contributed by atoms with Crippen LogP contribution < -0.4 is 0 Å². The predicted molar refractivity (Wildman–Crippen MR) is 34.8 cm³/mol. The molecule has 0 aromatic rings. The van der Waals surface area contributed by atoms with Crippen LogP contribution in [0.5, 0.6) is 0 Å². The molecule has 8 heavy (non-hydrogen) atoms. The summed E-state index contributed by atoms with van der Waals surface area (Å²) in [6, 6.07) is 0. The van der Waals surface area contributed by atoms with Crippen molar-refractivity contribution < 1.29 is 4.58 Å². The Bertz CT molecular complexity index is 154. The second-order valence-electron chi connectivity index (χ2n) is 2.53. The summed E-state index contributed by atoms with van der Waals surface area (Å²) in [7, 11) is 2.02. The summed E-state index contributed by atoms with van der Waals surface area (Å²) in [5, 5.41) is 0. The summed E-state index contributed by atoms with van der Waals surface area (Å²) in [5.74, 6) is 0. The lowest BCUT2D eigenvalue weighted by Crippen LogP contribution is -2.27. The molecule has 0 saturated heterocycles. The van der Waals surface area contributed by atoms with Crippen LogP contribution in [-0.2, 0) is 0 Å². The molecule has 2 nitrogen and oxygen atoms in total. The average molecular weight is 111 g/mol. The zero-order chi connectivity index (χ0) is 6.20. The van der Waals surface area contributed by atoms with Crippen molar-refractivity contribution in [3.8, 4) is 0 Å². The quantitative estimate of drug-likeness (QED) is 0.405. The van der Waals surface area contributed by atoms with E-state index in [0.29, 0.717) is 0 Å². The molecule has 1 rings (SSSR count). The van der Waals surface area contributed by atoms with Crippen LogP contribution in [-0.4, -0.2) is 29.7 Å². The number of nitrogens with zero attached hydrogens (tertiary/aromatic N) is 2. The third-order valence-electron chi connectivity index (χ3n) is 1.54. The third-order valence-corrected chi connectivity index (χ3v) is 1.54. The molecule has 2 heteroatoms. The molecule has 0 unspecified atom stereocenters. The second kappa shape index (κ2) is 1.41. The minimum Gasteiger partial charge on any atom is -0.217 e. The molecule has 0 bridgehead atoms. The fourth-order valence-electron chi connectivity index (χ4n) is 0.589. The van der Waals surface area contributed by atoms with Gasteiger partial charge in [-0.05, 0) is 0 Å². The molecule has 0 amide bonds. The van der Waals surface area contributed by atoms with Gasteiger partial charge in [-0.1, -0.05) is 0 Å². The van der Waals surface area contributed by atoms with E-state index in [1.54, 1.807) is 0 Å². The fraction of sp³-hybridized carbons (Fsp3) is 0.667. The van der Waals surface area contributed by atoms with E-state index in [9.17, 15) is 0 Å². The Morgan fingerprint density at radius 3 is 2.25 bits per heavy atom. The van der Waals surface area contributed by atoms with Gasteiger partial charge in [-0.2, -0.15) is 0 Å². The van der Waals surface area contributed by atoms with E-state index in [4.69, 9.17) is 0 Å². The second-order valence-corrected chi connectivity index (χ2v) is 2.53. The van der Waals surface area contributed by atoms with Crippen molar-refractivity contribution >= 4 is 12.4 Å². The molecule has 0 aliphatic carbocycles. The zero-order valence-corrected chi connectivity index (χ0v) is 5.55.